The number of allylic oxidation sites excluding steroid dienone is 2. The standard InChI is InChI=1S/C25H19F3N2O5/c26-25(27,28)16-4-2-5-17(11-16)29-19(31)12-35-24(34)15-3-1-6-18(10-15)30-22(32)20-13-7-8-14(9-13)21(20)23(30)33/h1-8,10-11,13-14,20-21H,9,12H2,(H,29,31)/t13-,14-,20+,21+/m0/s1. The molecule has 1 N–H and O–H groups in total. The van der Waals surface area contributed by atoms with Gasteiger partial charge in [-0.25, -0.2) is 9.69 Å². The lowest BCUT2D eigenvalue weighted by molar-refractivity contribution is -0.137. The van der Waals surface area contributed by atoms with Gasteiger partial charge in [0.05, 0.1) is 28.7 Å². The molecule has 0 unspecified atom stereocenters. The Labute approximate surface area is 197 Å². The van der Waals surface area contributed by atoms with Gasteiger partial charge in [0.15, 0.2) is 6.61 Å². The molecule has 2 aromatic rings. The Morgan fingerprint density at radius 2 is 1.63 bits per heavy atom. The summed E-state index contributed by atoms with van der Waals surface area (Å²) in [7, 11) is 0. The van der Waals surface area contributed by atoms with E-state index in [2.05, 4.69) is 5.32 Å². The molecule has 180 valence electrons. The number of alkyl halides is 3. The fourth-order valence-corrected chi connectivity index (χ4v) is 5.11. The molecular formula is C25H19F3N2O5. The van der Waals surface area contributed by atoms with Crippen LogP contribution in [0.15, 0.2) is 60.7 Å². The van der Waals surface area contributed by atoms with Gasteiger partial charge >= 0.3 is 12.1 Å². The first-order chi connectivity index (χ1) is 16.6. The summed E-state index contributed by atoms with van der Waals surface area (Å²) in [5, 5.41) is 2.25. The molecule has 10 heteroatoms. The number of nitrogens with zero attached hydrogens (tertiary/aromatic N) is 1. The second kappa shape index (κ2) is 8.37. The molecule has 2 fully saturated rings. The average molecular weight is 484 g/mol. The van der Waals surface area contributed by atoms with Crippen molar-refractivity contribution in [1.29, 1.82) is 0 Å². The molecule has 0 spiro atoms. The quantitative estimate of drug-likeness (QED) is 0.396. The van der Waals surface area contributed by atoms with Crippen LogP contribution in [-0.4, -0.2) is 30.3 Å². The van der Waals surface area contributed by atoms with Gasteiger partial charge < -0.3 is 10.1 Å². The highest BCUT2D eigenvalue weighted by atomic mass is 19.4. The Morgan fingerprint density at radius 3 is 2.29 bits per heavy atom. The third kappa shape index (κ3) is 4.09. The third-order valence-electron chi connectivity index (χ3n) is 6.62. The van der Waals surface area contributed by atoms with Crippen LogP contribution in [0, 0.1) is 23.7 Å². The van der Waals surface area contributed by atoms with Gasteiger partial charge in [-0.15, -0.1) is 0 Å². The van der Waals surface area contributed by atoms with Gasteiger partial charge in [-0.2, -0.15) is 13.2 Å². The van der Waals surface area contributed by atoms with Crippen molar-refractivity contribution < 1.29 is 37.1 Å². The van der Waals surface area contributed by atoms with E-state index in [0.29, 0.717) is 0 Å². The molecule has 1 saturated carbocycles. The van der Waals surface area contributed by atoms with Gasteiger partial charge in [-0.05, 0) is 54.7 Å². The van der Waals surface area contributed by atoms with Crippen molar-refractivity contribution in [2.45, 2.75) is 12.6 Å². The first-order valence-electron chi connectivity index (χ1n) is 10.9. The van der Waals surface area contributed by atoms with Crippen LogP contribution >= 0.6 is 0 Å². The molecule has 3 amide bonds. The molecule has 2 aliphatic carbocycles. The van der Waals surface area contributed by atoms with Crippen molar-refractivity contribution in [3.05, 3.63) is 71.8 Å². The second-order valence-electron chi connectivity index (χ2n) is 8.76. The fourth-order valence-electron chi connectivity index (χ4n) is 5.11. The van der Waals surface area contributed by atoms with Crippen LogP contribution in [0.5, 0.6) is 0 Å². The van der Waals surface area contributed by atoms with E-state index in [9.17, 15) is 32.3 Å². The summed E-state index contributed by atoms with van der Waals surface area (Å²) in [6.07, 6.45) is 0.206. The number of ether oxygens (including phenoxy) is 1. The lowest BCUT2D eigenvalue weighted by atomic mass is 9.85. The molecule has 3 aliphatic rings. The number of fused-ring (bicyclic) bond motifs is 5. The fraction of sp³-hybridized carbons (Fsp3) is 0.280. The molecule has 7 nitrogen and oxygen atoms in total. The summed E-state index contributed by atoms with van der Waals surface area (Å²) in [6, 6.07) is 9.86. The van der Waals surface area contributed by atoms with E-state index in [-0.39, 0.29) is 52.4 Å². The zero-order chi connectivity index (χ0) is 24.9. The Bertz CT molecular complexity index is 1240. The predicted molar refractivity (Wildman–Crippen MR) is 117 cm³/mol. The predicted octanol–water partition coefficient (Wildman–Crippen LogP) is 3.81. The number of hydrogen-bond donors (Lipinski definition) is 1. The first-order valence-corrected chi connectivity index (χ1v) is 10.9. The normalized spacial score (nSPS) is 24.6. The minimum atomic E-state index is -4.56. The van der Waals surface area contributed by atoms with E-state index >= 15 is 0 Å². The van der Waals surface area contributed by atoms with Crippen LogP contribution in [-0.2, 0) is 25.3 Å². The maximum atomic E-state index is 13.0. The first kappa shape index (κ1) is 22.8. The van der Waals surface area contributed by atoms with Gasteiger partial charge in [0.2, 0.25) is 11.8 Å². The van der Waals surface area contributed by atoms with Gasteiger partial charge in [0, 0.05) is 5.69 Å². The number of carbonyl (C=O) groups excluding carboxylic acids is 4. The van der Waals surface area contributed by atoms with E-state index in [1.165, 1.54) is 24.3 Å². The highest BCUT2D eigenvalue weighted by Crippen LogP contribution is 2.53. The summed E-state index contributed by atoms with van der Waals surface area (Å²) >= 11 is 0. The van der Waals surface area contributed by atoms with Crippen LogP contribution in [0.25, 0.3) is 0 Å². The number of halogens is 3. The molecule has 4 atom stereocenters. The van der Waals surface area contributed by atoms with Gasteiger partial charge in [-0.3, -0.25) is 14.4 Å². The number of anilines is 2. The molecule has 1 heterocycles. The lowest BCUT2D eigenvalue weighted by Crippen LogP contribution is -2.33. The van der Waals surface area contributed by atoms with Crippen molar-refractivity contribution in [1.82, 2.24) is 0 Å². The molecular weight excluding hydrogens is 465 g/mol. The van der Waals surface area contributed by atoms with Crippen molar-refractivity contribution in [2.24, 2.45) is 23.7 Å². The topological polar surface area (TPSA) is 92.8 Å². The van der Waals surface area contributed by atoms with Crippen molar-refractivity contribution in [3.63, 3.8) is 0 Å². The number of esters is 1. The summed E-state index contributed by atoms with van der Waals surface area (Å²) in [5.41, 5.74) is -0.754. The van der Waals surface area contributed by atoms with E-state index < -0.39 is 30.2 Å². The Kier molecular flexibility index (Phi) is 5.46. The summed E-state index contributed by atoms with van der Waals surface area (Å²) in [4.78, 5) is 51.6. The molecule has 0 aromatic heterocycles. The molecule has 1 aliphatic heterocycles. The smallest absolute Gasteiger partial charge is 0.416 e. The van der Waals surface area contributed by atoms with Crippen LogP contribution < -0.4 is 10.2 Å². The summed E-state index contributed by atoms with van der Waals surface area (Å²) in [6.45, 7) is -0.736. The highest BCUT2D eigenvalue weighted by molar-refractivity contribution is 6.23. The van der Waals surface area contributed by atoms with E-state index in [1.54, 1.807) is 6.07 Å². The second-order valence-corrected chi connectivity index (χ2v) is 8.76. The SMILES string of the molecule is O=C(COC(=O)c1cccc(N2C(=O)[C@H]3[C@H](C2=O)[C@H]2C=C[C@H]3C2)c1)Nc1cccc(C(F)(F)F)c1. The van der Waals surface area contributed by atoms with Crippen LogP contribution in [0.4, 0.5) is 24.5 Å². The molecule has 1 saturated heterocycles. The van der Waals surface area contributed by atoms with Crippen LogP contribution in [0.1, 0.15) is 22.3 Å². The Morgan fingerprint density at radius 1 is 0.971 bits per heavy atom. The number of nitrogens with one attached hydrogen (secondary N) is 1. The Balaban J connectivity index is 1.23. The molecule has 35 heavy (non-hydrogen) atoms. The monoisotopic (exact) mass is 484 g/mol. The van der Waals surface area contributed by atoms with Crippen LogP contribution in [0.3, 0.4) is 0 Å². The number of benzene rings is 2. The van der Waals surface area contributed by atoms with Crippen molar-refractivity contribution in [2.75, 3.05) is 16.8 Å². The highest BCUT2D eigenvalue weighted by Gasteiger charge is 2.59. The number of carbonyl (C=O) groups is 4. The number of hydrogen-bond acceptors (Lipinski definition) is 5. The zero-order valence-corrected chi connectivity index (χ0v) is 18.1. The minimum absolute atomic E-state index is 0.0214. The maximum absolute atomic E-state index is 13.0. The molecule has 2 bridgehead atoms. The third-order valence-corrected chi connectivity index (χ3v) is 6.62. The van der Waals surface area contributed by atoms with Gasteiger partial charge in [0.1, 0.15) is 0 Å². The van der Waals surface area contributed by atoms with Gasteiger partial charge in [0.25, 0.3) is 5.91 Å². The largest absolute Gasteiger partial charge is 0.452 e. The van der Waals surface area contributed by atoms with Gasteiger partial charge in [-0.1, -0.05) is 24.3 Å². The number of rotatable bonds is 5. The summed E-state index contributed by atoms with van der Waals surface area (Å²) in [5.74, 6) is -2.95. The zero-order valence-electron chi connectivity index (χ0n) is 18.1. The number of imide groups is 1. The van der Waals surface area contributed by atoms with E-state index in [1.807, 2.05) is 12.2 Å². The summed E-state index contributed by atoms with van der Waals surface area (Å²) < 4.78 is 43.4. The van der Waals surface area contributed by atoms with E-state index in [4.69, 9.17) is 4.74 Å². The van der Waals surface area contributed by atoms with E-state index in [0.717, 1.165) is 29.5 Å². The molecule has 0 radical (unpaired) electrons. The molecule has 5 rings (SSSR count). The minimum Gasteiger partial charge on any atom is -0.452 e. The lowest BCUT2D eigenvalue weighted by Gasteiger charge is -2.18. The van der Waals surface area contributed by atoms with Crippen LogP contribution in [0.2, 0.25) is 0 Å². The average Bonchev–Trinajstić information content (AvgIpc) is 3.51. The van der Waals surface area contributed by atoms with Crippen molar-refractivity contribution >= 4 is 35.1 Å². The Hall–Kier alpha value is -3.95. The molecule has 2 aromatic carbocycles. The maximum Gasteiger partial charge on any atom is 0.416 e. The number of amides is 3. The van der Waals surface area contributed by atoms with Crippen molar-refractivity contribution in [3.8, 4) is 0 Å².